The van der Waals surface area contributed by atoms with Gasteiger partial charge in [-0.1, -0.05) is 0 Å². The van der Waals surface area contributed by atoms with E-state index in [9.17, 15) is 4.79 Å². The van der Waals surface area contributed by atoms with E-state index in [0.29, 0.717) is 5.95 Å². The van der Waals surface area contributed by atoms with Crippen LogP contribution in [0.15, 0.2) is 41.3 Å². The van der Waals surface area contributed by atoms with Crippen molar-refractivity contribution in [1.82, 2.24) is 15.4 Å². The smallest absolute Gasteiger partial charge is 0.242 e. The zero-order chi connectivity index (χ0) is 12.4. The number of hydrogen-bond donors (Lipinski definition) is 2. The van der Waals surface area contributed by atoms with E-state index < -0.39 is 0 Å². The van der Waals surface area contributed by atoms with Crippen molar-refractivity contribution < 1.29 is 9.21 Å². The first kappa shape index (κ1) is 10.8. The maximum atomic E-state index is 11.8. The van der Waals surface area contributed by atoms with Crippen LogP contribution in [-0.2, 0) is 4.79 Å². The fourth-order valence-electron chi connectivity index (χ4n) is 1.88. The Labute approximate surface area is 103 Å². The lowest BCUT2D eigenvalue weighted by Crippen LogP contribution is -2.31. The largest absolute Gasteiger partial charge is 0.469 e. The van der Waals surface area contributed by atoms with Crippen molar-refractivity contribution in [1.29, 1.82) is 0 Å². The zero-order valence-corrected chi connectivity index (χ0v) is 9.54. The highest BCUT2D eigenvalue weighted by molar-refractivity contribution is 5.83. The van der Waals surface area contributed by atoms with E-state index in [2.05, 4.69) is 20.8 Å². The molecule has 2 N–H and O–H groups in total. The number of aromatic nitrogens is 2. The number of hydrazine groups is 1. The lowest BCUT2D eigenvalue weighted by atomic mass is 10.2. The minimum Gasteiger partial charge on any atom is -0.469 e. The Bertz CT molecular complexity index is 526. The summed E-state index contributed by atoms with van der Waals surface area (Å²) in [7, 11) is 0. The lowest BCUT2D eigenvalue weighted by Gasteiger charge is -2.05. The van der Waals surface area contributed by atoms with Gasteiger partial charge in [-0.3, -0.25) is 15.6 Å². The third kappa shape index (κ3) is 2.17. The summed E-state index contributed by atoms with van der Waals surface area (Å²) in [5.41, 5.74) is 5.28. The summed E-state index contributed by atoms with van der Waals surface area (Å²) in [6.45, 7) is 0. The van der Waals surface area contributed by atoms with Crippen molar-refractivity contribution in [3.05, 3.63) is 42.6 Å². The minimum absolute atomic E-state index is 0.0348. The number of furan rings is 1. The highest BCUT2D eigenvalue weighted by atomic mass is 16.3. The van der Waals surface area contributed by atoms with Crippen molar-refractivity contribution in [3.63, 3.8) is 0 Å². The fraction of sp³-hybridized carbons (Fsp3) is 0.250. The summed E-state index contributed by atoms with van der Waals surface area (Å²) in [6.07, 6.45) is 5.64. The highest BCUT2D eigenvalue weighted by Crippen LogP contribution is 2.47. The molecule has 2 aromatic rings. The first-order valence-electron chi connectivity index (χ1n) is 5.71. The van der Waals surface area contributed by atoms with Crippen LogP contribution in [0.2, 0.25) is 0 Å². The second-order valence-electron chi connectivity index (χ2n) is 4.15. The van der Waals surface area contributed by atoms with Crippen LogP contribution in [-0.4, -0.2) is 15.9 Å². The van der Waals surface area contributed by atoms with Gasteiger partial charge in [-0.15, -0.1) is 0 Å². The molecule has 2 atom stereocenters. The van der Waals surface area contributed by atoms with Crippen LogP contribution in [0.5, 0.6) is 0 Å². The Hall–Kier alpha value is -2.37. The maximum absolute atomic E-state index is 11.8. The molecule has 2 aromatic heterocycles. The summed E-state index contributed by atoms with van der Waals surface area (Å²) in [5, 5.41) is 0. The third-order valence-corrected chi connectivity index (χ3v) is 2.90. The van der Waals surface area contributed by atoms with Crippen LogP contribution in [0, 0.1) is 5.92 Å². The van der Waals surface area contributed by atoms with Crippen molar-refractivity contribution in [3.8, 4) is 0 Å². The van der Waals surface area contributed by atoms with Gasteiger partial charge in [-0.2, -0.15) is 0 Å². The molecule has 92 valence electrons. The molecule has 0 aliphatic heterocycles. The molecule has 0 bridgehead atoms. The molecule has 1 fully saturated rings. The number of carbonyl (C=O) groups excluding carboxylic acids is 1. The number of hydrogen-bond acceptors (Lipinski definition) is 5. The quantitative estimate of drug-likeness (QED) is 0.793. The van der Waals surface area contributed by atoms with Crippen LogP contribution in [0.25, 0.3) is 0 Å². The van der Waals surface area contributed by atoms with E-state index in [0.717, 1.165) is 12.2 Å². The van der Waals surface area contributed by atoms with Gasteiger partial charge in [0.25, 0.3) is 0 Å². The predicted octanol–water partition coefficient (Wildman–Crippen LogP) is 1.32. The normalized spacial score (nSPS) is 21.3. The summed E-state index contributed by atoms with van der Waals surface area (Å²) in [4.78, 5) is 19.7. The van der Waals surface area contributed by atoms with Crippen LogP contribution >= 0.6 is 0 Å². The number of nitrogens with one attached hydrogen (secondary N) is 2. The molecule has 0 unspecified atom stereocenters. The average molecular weight is 244 g/mol. The predicted molar refractivity (Wildman–Crippen MR) is 63.4 cm³/mol. The SMILES string of the molecule is O=C(NNc1ncccn1)[C@@H]1C[C@H]1c1ccco1. The van der Waals surface area contributed by atoms with Gasteiger partial charge in [0.1, 0.15) is 5.76 Å². The van der Waals surface area contributed by atoms with Gasteiger partial charge in [-0.25, -0.2) is 9.97 Å². The molecule has 6 nitrogen and oxygen atoms in total. The molecule has 2 heterocycles. The molecule has 0 aromatic carbocycles. The van der Waals surface area contributed by atoms with E-state index in [1.807, 2.05) is 12.1 Å². The first-order chi connectivity index (χ1) is 8.84. The van der Waals surface area contributed by atoms with E-state index >= 15 is 0 Å². The molecule has 0 saturated heterocycles. The van der Waals surface area contributed by atoms with Crippen molar-refractivity contribution >= 4 is 11.9 Å². The van der Waals surface area contributed by atoms with E-state index in [1.165, 1.54) is 0 Å². The Morgan fingerprint density at radius 1 is 1.33 bits per heavy atom. The van der Waals surface area contributed by atoms with E-state index in [1.54, 1.807) is 24.7 Å². The number of nitrogens with zero attached hydrogens (tertiary/aromatic N) is 2. The first-order valence-corrected chi connectivity index (χ1v) is 5.71. The van der Waals surface area contributed by atoms with Crippen LogP contribution in [0.3, 0.4) is 0 Å². The lowest BCUT2D eigenvalue weighted by molar-refractivity contribution is -0.121. The topological polar surface area (TPSA) is 80.0 Å². The Morgan fingerprint density at radius 2 is 2.17 bits per heavy atom. The molecule has 1 aliphatic carbocycles. The molecule has 0 spiro atoms. The summed E-state index contributed by atoms with van der Waals surface area (Å²) in [6, 6.07) is 5.44. The van der Waals surface area contributed by atoms with E-state index in [4.69, 9.17) is 4.42 Å². The molecule has 6 heteroatoms. The van der Waals surface area contributed by atoms with Crippen molar-refractivity contribution in [2.24, 2.45) is 5.92 Å². The van der Waals surface area contributed by atoms with E-state index in [-0.39, 0.29) is 17.7 Å². The average Bonchev–Trinajstić information content (AvgIpc) is 3.03. The van der Waals surface area contributed by atoms with Gasteiger partial charge in [0.05, 0.1) is 12.2 Å². The minimum atomic E-state index is -0.0659. The Balaban J connectivity index is 1.52. The molecule has 1 aliphatic rings. The third-order valence-electron chi connectivity index (χ3n) is 2.90. The number of rotatable bonds is 4. The van der Waals surface area contributed by atoms with Crippen molar-refractivity contribution in [2.45, 2.75) is 12.3 Å². The van der Waals surface area contributed by atoms with Gasteiger partial charge >= 0.3 is 0 Å². The summed E-state index contributed by atoms with van der Waals surface area (Å²) in [5.74, 6) is 1.34. The summed E-state index contributed by atoms with van der Waals surface area (Å²) >= 11 is 0. The summed E-state index contributed by atoms with van der Waals surface area (Å²) < 4.78 is 5.28. The second kappa shape index (κ2) is 4.48. The zero-order valence-electron chi connectivity index (χ0n) is 9.54. The Kier molecular flexibility index (Phi) is 2.68. The Morgan fingerprint density at radius 3 is 2.89 bits per heavy atom. The number of amides is 1. The number of carbonyl (C=O) groups is 1. The standard InChI is InChI=1S/C12H12N4O2/c17-11(15-16-12-13-4-2-5-14-12)9-7-8(9)10-3-1-6-18-10/h1-6,8-9H,7H2,(H,15,17)(H,13,14,16)/t8-,9-/m1/s1. The van der Waals surface area contributed by atoms with Crippen LogP contribution < -0.4 is 10.9 Å². The molecule has 3 rings (SSSR count). The van der Waals surface area contributed by atoms with Gasteiger partial charge in [0, 0.05) is 18.3 Å². The molecule has 0 radical (unpaired) electrons. The highest BCUT2D eigenvalue weighted by Gasteiger charge is 2.45. The number of anilines is 1. The van der Waals surface area contributed by atoms with Crippen LogP contribution in [0.4, 0.5) is 5.95 Å². The maximum Gasteiger partial charge on any atom is 0.242 e. The molecule has 1 amide bonds. The molecule has 1 saturated carbocycles. The second-order valence-corrected chi connectivity index (χ2v) is 4.15. The van der Waals surface area contributed by atoms with Gasteiger partial charge in [0.2, 0.25) is 11.9 Å². The monoisotopic (exact) mass is 244 g/mol. The van der Waals surface area contributed by atoms with Gasteiger partial charge in [0.15, 0.2) is 0 Å². The van der Waals surface area contributed by atoms with Gasteiger partial charge in [-0.05, 0) is 24.6 Å². The van der Waals surface area contributed by atoms with Crippen LogP contribution in [0.1, 0.15) is 18.1 Å². The van der Waals surface area contributed by atoms with Gasteiger partial charge < -0.3 is 4.42 Å². The molecular formula is C12H12N4O2. The van der Waals surface area contributed by atoms with Crippen molar-refractivity contribution in [2.75, 3.05) is 5.43 Å². The fourth-order valence-corrected chi connectivity index (χ4v) is 1.88. The molecule has 18 heavy (non-hydrogen) atoms. The molecular weight excluding hydrogens is 232 g/mol.